The molecule has 0 aromatic heterocycles. The van der Waals surface area contributed by atoms with Gasteiger partial charge in [-0.05, 0) is 20.3 Å². The summed E-state index contributed by atoms with van der Waals surface area (Å²) in [6.45, 7) is 6.63. The third kappa shape index (κ3) is 6.05. The van der Waals surface area contributed by atoms with Crippen molar-refractivity contribution in [3.63, 3.8) is 0 Å². The van der Waals surface area contributed by atoms with Gasteiger partial charge >= 0.3 is 7.60 Å². The fraction of sp³-hybridized carbons (Fsp3) is 1.00. The van der Waals surface area contributed by atoms with E-state index in [1.807, 2.05) is 13.8 Å². The molecule has 1 unspecified atom stereocenters. The van der Waals surface area contributed by atoms with Crippen molar-refractivity contribution in [1.29, 1.82) is 0 Å². The molecule has 3 nitrogen and oxygen atoms in total. The molecule has 80 valence electrons. The van der Waals surface area contributed by atoms with E-state index in [1.54, 1.807) is 0 Å². The fourth-order valence-corrected chi connectivity index (χ4v) is 4.17. The van der Waals surface area contributed by atoms with Crippen LogP contribution in [0.15, 0.2) is 0 Å². The fourth-order valence-electron chi connectivity index (χ4n) is 0.908. The molecule has 0 aromatic carbocycles. The lowest BCUT2D eigenvalue weighted by Gasteiger charge is -2.18. The second-order valence-corrected chi connectivity index (χ2v) is 6.50. The van der Waals surface area contributed by atoms with Gasteiger partial charge in [-0.15, -0.1) is 0 Å². The van der Waals surface area contributed by atoms with Crippen molar-refractivity contribution in [2.45, 2.75) is 31.1 Å². The predicted molar refractivity (Wildman–Crippen MR) is 63.8 cm³/mol. The van der Waals surface area contributed by atoms with E-state index in [4.69, 9.17) is 9.05 Å². The first-order valence-electron chi connectivity index (χ1n) is 4.60. The summed E-state index contributed by atoms with van der Waals surface area (Å²) in [5, 5.41) is 0. The van der Waals surface area contributed by atoms with E-state index in [1.165, 1.54) is 0 Å². The molecule has 0 aromatic rings. The minimum Gasteiger partial charge on any atom is -0.309 e. The zero-order valence-corrected chi connectivity index (χ0v) is 11.5. The van der Waals surface area contributed by atoms with Gasteiger partial charge in [-0.25, -0.2) is 0 Å². The van der Waals surface area contributed by atoms with Gasteiger partial charge in [0.15, 0.2) is 0 Å². The second-order valence-electron chi connectivity index (χ2n) is 2.63. The third-order valence-electron chi connectivity index (χ3n) is 1.52. The van der Waals surface area contributed by atoms with Crippen LogP contribution in [-0.2, 0) is 13.6 Å². The molecule has 1 atom stereocenters. The minimum atomic E-state index is -2.80. The lowest BCUT2D eigenvalue weighted by atomic mass is 10.4. The maximum atomic E-state index is 11.9. The molecule has 0 N–H and O–H groups in total. The normalized spacial score (nSPS) is 14.5. The number of hydrogen-bond acceptors (Lipinski definition) is 3. The first-order valence-corrected chi connectivity index (χ1v) is 7.57. The molecule has 0 fully saturated rings. The lowest BCUT2D eigenvalue weighted by molar-refractivity contribution is 0.220. The van der Waals surface area contributed by atoms with Crippen molar-refractivity contribution in [2.24, 2.45) is 0 Å². The van der Waals surface area contributed by atoms with E-state index in [9.17, 15) is 4.57 Å². The van der Waals surface area contributed by atoms with Gasteiger partial charge in [-0.1, -0.05) is 29.5 Å². The van der Waals surface area contributed by atoms with Crippen LogP contribution in [0.4, 0.5) is 0 Å². The van der Waals surface area contributed by atoms with Crippen LogP contribution in [0.2, 0.25) is 0 Å². The Balaban J connectivity index is 4.14. The average molecular weight is 320 g/mol. The summed E-state index contributed by atoms with van der Waals surface area (Å²) in [4.78, 5) is 0. The zero-order valence-electron chi connectivity index (χ0n) is 8.46. The summed E-state index contributed by atoms with van der Waals surface area (Å²) in [6.07, 6.45) is 1.51. The molecule has 5 heteroatoms. The van der Waals surface area contributed by atoms with Crippen molar-refractivity contribution in [1.82, 2.24) is 0 Å². The summed E-state index contributed by atoms with van der Waals surface area (Å²) in [6, 6.07) is 0. The smallest absolute Gasteiger partial charge is 0.309 e. The maximum Gasteiger partial charge on any atom is 0.331 e. The highest BCUT2D eigenvalue weighted by Crippen LogP contribution is 2.49. The Hall–Kier alpha value is 0.880. The standard InChI is InChI=1S/C8H18IO3P/c1-4-8(9)7-13(10,11-5-2)12-6-3/h8H,4-7H2,1-3H3. The van der Waals surface area contributed by atoms with Crippen LogP contribution in [0.1, 0.15) is 27.2 Å². The first-order chi connectivity index (χ1) is 6.08. The van der Waals surface area contributed by atoms with Crippen LogP contribution in [0.5, 0.6) is 0 Å². The van der Waals surface area contributed by atoms with Gasteiger partial charge in [0.05, 0.1) is 19.4 Å². The Labute approximate surface area is 94.2 Å². The Kier molecular flexibility index (Phi) is 7.70. The topological polar surface area (TPSA) is 35.5 Å². The summed E-state index contributed by atoms with van der Waals surface area (Å²) >= 11 is 2.28. The molecule has 0 heterocycles. The van der Waals surface area contributed by atoms with E-state index >= 15 is 0 Å². The molecule has 0 bridgehead atoms. The Morgan fingerprint density at radius 3 is 2.00 bits per heavy atom. The van der Waals surface area contributed by atoms with Gasteiger partial charge in [0, 0.05) is 3.92 Å². The highest BCUT2D eigenvalue weighted by Gasteiger charge is 2.26. The van der Waals surface area contributed by atoms with Crippen molar-refractivity contribution in [3.8, 4) is 0 Å². The predicted octanol–water partition coefficient (Wildman–Crippen LogP) is 3.47. The van der Waals surface area contributed by atoms with Crippen molar-refractivity contribution >= 4 is 30.2 Å². The highest BCUT2D eigenvalue weighted by molar-refractivity contribution is 14.1. The van der Waals surface area contributed by atoms with Crippen LogP contribution in [0, 0.1) is 0 Å². The van der Waals surface area contributed by atoms with Gasteiger partial charge in [0.1, 0.15) is 0 Å². The first kappa shape index (κ1) is 13.9. The Morgan fingerprint density at radius 1 is 1.23 bits per heavy atom. The molecule has 0 saturated carbocycles. The van der Waals surface area contributed by atoms with Gasteiger partial charge in [-0.3, -0.25) is 4.57 Å². The molecule has 0 aliphatic heterocycles. The van der Waals surface area contributed by atoms with Crippen LogP contribution in [-0.4, -0.2) is 23.3 Å². The van der Waals surface area contributed by atoms with Gasteiger partial charge in [-0.2, -0.15) is 0 Å². The Bertz CT molecular complexity index is 165. The van der Waals surface area contributed by atoms with E-state index < -0.39 is 7.60 Å². The molecule has 0 spiro atoms. The van der Waals surface area contributed by atoms with Crippen molar-refractivity contribution < 1.29 is 13.6 Å². The molecule has 0 rings (SSSR count). The second kappa shape index (κ2) is 7.21. The van der Waals surface area contributed by atoms with Crippen LogP contribution >= 0.6 is 30.2 Å². The van der Waals surface area contributed by atoms with Gasteiger partial charge in [0.25, 0.3) is 0 Å². The molecular weight excluding hydrogens is 302 g/mol. The molecule has 0 radical (unpaired) electrons. The van der Waals surface area contributed by atoms with Crippen molar-refractivity contribution in [3.05, 3.63) is 0 Å². The van der Waals surface area contributed by atoms with Crippen molar-refractivity contribution in [2.75, 3.05) is 19.4 Å². The van der Waals surface area contributed by atoms with Crippen LogP contribution < -0.4 is 0 Å². The summed E-state index contributed by atoms with van der Waals surface area (Å²) in [7, 11) is -2.80. The molecule has 13 heavy (non-hydrogen) atoms. The quantitative estimate of drug-likeness (QED) is 0.409. The molecule has 0 aliphatic carbocycles. The number of alkyl halides is 1. The zero-order chi connectivity index (χ0) is 10.3. The van der Waals surface area contributed by atoms with Gasteiger partial charge in [0.2, 0.25) is 0 Å². The van der Waals surface area contributed by atoms with Crippen LogP contribution in [0.25, 0.3) is 0 Å². The van der Waals surface area contributed by atoms with E-state index in [-0.39, 0.29) is 0 Å². The number of rotatable bonds is 7. The molecule has 0 saturated heterocycles. The number of halogens is 1. The number of hydrogen-bond donors (Lipinski definition) is 0. The van der Waals surface area contributed by atoms with Gasteiger partial charge < -0.3 is 9.05 Å². The lowest BCUT2D eigenvalue weighted by Crippen LogP contribution is -2.08. The van der Waals surface area contributed by atoms with Crippen LogP contribution in [0.3, 0.4) is 0 Å². The molecule has 0 aliphatic rings. The third-order valence-corrected chi connectivity index (χ3v) is 5.73. The summed E-state index contributed by atoms with van der Waals surface area (Å²) in [5.41, 5.74) is 0. The summed E-state index contributed by atoms with van der Waals surface area (Å²) < 4.78 is 22.6. The van der Waals surface area contributed by atoms with E-state index in [0.29, 0.717) is 23.3 Å². The Morgan fingerprint density at radius 2 is 1.69 bits per heavy atom. The SMILES string of the molecule is CCOP(=O)(CC(I)CC)OCC. The summed E-state index contributed by atoms with van der Waals surface area (Å²) in [5.74, 6) is 0. The average Bonchev–Trinajstić information content (AvgIpc) is 2.04. The minimum absolute atomic E-state index is 0.363. The molecule has 0 amide bonds. The molecular formula is C8H18IO3P. The monoisotopic (exact) mass is 320 g/mol. The van der Waals surface area contributed by atoms with E-state index in [2.05, 4.69) is 29.5 Å². The van der Waals surface area contributed by atoms with E-state index in [0.717, 1.165) is 6.42 Å². The largest absolute Gasteiger partial charge is 0.331 e. The highest BCUT2D eigenvalue weighted by atomic mass is 127. The maximum absolute atomic E-state index is 11.9.